The van der Waals surface area contributed by atoms with Gasteiger partial charge in [0.1, 0.15) is 23.4 Å². The molecule has 0 spiro atoms. The molecular formula is C29H27BrF9NO6. The van der Waals surface area contributed by atoms with Gasteiger partial charge in [-0.1, -0.05) is 15.9 Å². The molecule has 1 aliphatic heterocycles. The van der Waals surface area contributed by atoms with Crippen LogP contribution in [0.15, 0.2) is 36.4 Å². The summed E-state index contributed by atoms with van der Waals surface area (Å²) in [7, 11) is 0. The summed E-state index contributed by atoms with van der Waals surface area (Å²) in [5.41, 5.74) is -4.48. The van der Waals surface area contributed by atoms with Crippen LogP contribution in [0.2, 0.25) is 0 Å². The van der Waals surface area contributed by atoms with Gasteiger partial charge in [-0.3, -0.25) is 14.4 Å². The number of hydrogen-bond acceptors (Lipinski definition) is 6. The van der Waals surface area contributed by atoms with Crippen molar-refractivity contribution in [2.75, 3.05) is 25.0 Å². The zero-order chi connectivity index (χ0) is 35.2. The van der Waals surface area contributed by atoms with Gasteiger partial charge in [-0.05, 0) is 63.6 Å². The van der Waals surface area contributed by atoms with Crippen molar-refractivity contribution in [3.8, 4) is 0 Å². The van der Waals surface area contributed by atoms with Crippen LogP contribution < -0.4 is 0 Å². The van der Waals surface area contributed by atoms with Gasteiger partial charge < -0.3 is 14.4 Å². The van der Waals surface area contributed by atoms with Gasteiger partial charge in [0.25, 0.3) is 0 Å². The average Bonchev–Trinajstić information content (AvgIpc) is 2.94. The second-order valence-electron chi connectivity index (χ2n) is 10.8. The Bertz CT molecular complexity index is 1440. The van der Waals surface area contributed by atoms with E-state index in [1.807, 2.05) is 0 Å². The van der Waals surface area contributed by atoms with E-state index in [9.17, 15) is 58.7 Å². The molecule has 0 bridgehead atoms. The van der Waals surface area contributed by atoms with Gasteiger partial charge in [-0.2, -0.15) is 26.3 Å². The van der Waals surface area contributed by atoms with Crippen LogP contribution >= 0.6 is 15.9 Å². The fourth-order valence-electron chi connectivity index (χ4n) is 3.90. The number of alkyl halides is 8. The Hall–Kier alpha value is -3.63. The lowest BCUT2D eigenvalue weighted by atomic mass is 9.95. The summed E-state index contributed by atoms with van der Waals surface area (Å²) in [5, 5.41) is -0.101. The molecule has 0 radical (unpaired) electrons. The first-order valence-corrected chi connectivity index (χ1v) is 14.3. The minimum Gasteiger partial charge on any atom is -0.457 e. The van der Waals surface area contributed by atoms with Gasteiger partial charge in [0.15, 0.2) is 18.2 Å². The number of likely N-dealkylation sites (tertiary alicyclic amines) is 1. The van der Waals surface area contributed by atoms with E-state index in [0.717, 1.165) is 17.0 Å². The van der Waals surface area contributed by atoms with Crippen LogP contribution in [0.25, 0.3) is 0 Å². The predicted molar refractivity (Wildman–Crippen MR) is 147 cm³/mol. The fourth-order valence-corrected chi connectivity index (χ4v) is 4.22. The maximum absolute atomic E-state index is 14.4. The number of nitrogens with zero attached hydrogens (tertiary/aromatic N) is 1. The smallest absolute Gasteiger partial charge is 0.419 e. The summed E-state index contributed by atoms with van der Waals surface area (Å²) in [6.45, 7) is 3.64. The van der Waals surface area contributed by atoms with E-state index >= 15 is 0 Å². The molecule has 0 N–H and O–H groups in total. The maximum Gasteiger partial charge on any atom is 0.419 e. The van der Waals surface area contributed by atoms with E-state index in [4.69, 9.17) is 9.47 Å². The predicted octanol–water partition coefficient (Wildman–Crippen LogP) is 7.59. The zero-order valence-corrected chi connectivity index (χ0v) is 25.9. The second-order valence-corrected chi connectivity index (χ2v) is 11.4. The maximum atomic E-state index is 14.4. The SMILES string of the molecule is CC(C)(C)OC(=O)N1CCC(C(=O)OCC(=O)c2ccc(F)c(C(F)(F)F)c2)C(F)C1.O=C(CBr)c1ccc(F)c(C(F)(F)F)c1. The molecular weight excluding hydrogens is 709 g/mol. The lowest BCUT2D eigenvalue weighted by molar-refractivity contribution is -0.152. The largest absolute Gasteiger partial charge is 0.457 e. The van der Waals surface area contributed by atoms with Crippen LogP contribution in [-0.2, 0) is 26.6 Å². The number of amides is 1. The highest BCUT2D eigenvalue weighted by atomic mass is 79.9. The summed E-state index contributed by atoms with van der Waals surface area (Å²) in [6, 6.07) is 3.81. The van der Waals surface area contributed by atoms with Gasteiger partial charge in [0.2, 0.25) is 0 Å². The van der Waals surface area contributed by atoms with E-state index in [1.165, 1.54) is 0 Å². The number of halogens is 10. The van der Waals surface area contributed by atoms with Gasteiger partial charge in [-0.15, -0.1) is 0 Å². The highest BCUT2D eigenvalue weighted by molar-refractivity contribution is 9.09. The standard InChI is InChI=1S/C20H22F5NO5.C9H5BrF4O/c1-19(2,3)31-18(29)26-7-6-12(15(22)9-26)17(28)30-10-16(27)11-4-5-14(21)13(8-11)20(23,24)25;10-4-8(15)5-1-2-7(11)6(3-5)9(12,13)14/h4-5,8,12,15H,6-7,9-10H2,1-3H3;1-3H,4H2. The molecule has 1 fully saturated rings. The van der Waals surface area contributed by atoms with Crippen molar-refractivity contribution in [3.63, 3.8) is 0 Å². The fraction of sp³-hybridized carbons (Fsp3) is 0.448. The Morgan fingerprint density at radius 3 is 1.74 bits per heavy atom. The monoisotopic (exact) mass is 735 g/mol. The number of ether oxygens (including phenoxy) is 2. The first-order chi connectivity index (χ1) is 21.0. The van der Waals surface area contributed by atoms with Crippen LogP contribution in [0.4, 0.5) is 44.3 Å². The Kier molecular flexibility index (Phi) is 12.8. The summed E-state index contributed by atoms with van der Waals surface area (Å²) in [6.07, 6.45) is -12.4. The molecule has 0 saturated carbocycles. The molecule has 0 aromatic heterocycles. The third-order valence-corrected chi connectivity index (χ3v) is 6.66. The van der Waals surface area contributed by atoms with Crippen LogP contribution in [0.3, 0.4) is 0 Å². The number of Topliss-reactive ketones (excluding diaryl/α,β-unsaturated/α-hetero) is 2. The molecule has 2 aromatic rings. The van der Waals surface area contributed by atoms with Crippen molar-refractivity contribution in [1.82, 2.24) is 4.90 Å². The minimum atomic E-state index is -5.00. The summed E-state index contributed by atoms with van der Waals surface area (Å²) in [4.78, 5) is 48.4. The van der Waals surface area contributed by atoms with Crippen molar-refractivity contribution in [3.05, 3.63) is 70.3 Å². The Labute approximate surface area is 265 Å². The van der Waals surface area contributed by atoms with E-state index in [-0.39, 0.29) is 23.9 Å². The molecule has 1 heterocycles. The Balaban J connectivity index is 0.000000410. The summed E-state index contributed by atoms with van der Waals surface area (Å²) >= 11 is 2.82. The summed E-state index contributed by atoms with van der Waals surface area (Å²) < 4.78 is 125. The highest BCUT2D eigenvalue weighted by Crippen LogP contribution is 2.33. The van der Waals surface area contributed by atoms with E-state index in [0.29, 0.717) is 24.3 Å². The van der Waals surface area contributed by atoms with Crippen molar-refractivity contribution >= 4 is 39.6 Å². The van der Waals surface area contributed by atoms with Crippen LogP contribution in [-0.4, -0.2) is 65.3 Å². The molecule has 1 aliphatic rings. The number of carbonyl (C=O) groups excluding carboxylic acids is 4. The molecule has 2 aromatic carbocycles. The van der Waals surface area contributed by atoms with Crippen molar-refractivity contribution in [1.29, 1.82) is 0 Å². The van der Waals surface area contributed by atoms with Gasteiger partial charge in [0, 0.05) is 17.7 Å². The molecule has 2 atom stereocenters. The number of benzene rings is 2. The quantitative estimate of drug-likeness (QED) is 0.132. The zero-order valence-electron chi connectivity index (χ0n) is 24.3. The topological polar surface area (TPSA) is 90.0 Å². The van der Waals surface area contributed by atoms with Crippen LogP contribution in [0, 0.1) is 17.6 Å². The van der Waals surface area contributed by atoms with Crippen molar-refractivity contribution < 1.29 is 68.2 Å². The molecule has 254 valence electrons. The number of rotatable bonds is 6. The minimum absolute atomic E-state index is 0.0238. The van der Waals surface area contributed by atoms with Crippen LogP contribution in [0.1, 0.15) is 59.0 Å². The Morgan fingerprint density at radius 1 is 0.848 bits per heavy atom. The number of carbonyl (C=O) groups is 4. The third kappa shape index (κ3) is 11.0. The average molecular weight is 736 g/mol. The van der Waals surface area contributed by atoms with E-state index in [2.05, 4.69) is 15.9 Å². The molecule has 46 heavy (non-hydrogen) atoms. The molecule has 1 amide bonds. The number of esters is 1. The summed E-state index contributed by atoms with van der Waals surface area (Å²) in [5.74, 6) is -6.75. The van der Waals surface area contributed by atoms with Crippen LogP contribution in [0.5, 0.6) is 0 Å². The van der Waals surface area contributed by atoms with Gasteiger partial charge in [0.05, 0.1) is 28.9 Å². The molecule has 3 rings (SSSR count). The van der Waals surface area contributed by atoms with Crippen molar-refractivity contribution in [2.24, 2.45) is 5.92 Å². The highest BCUT2D eigenvalue weighted by Gasteiger charge is 2.39. The number of piperidine rings is 1. The first kappa shape index (κ1) is 38.6. The van der Waals surface area contributed by atoms with E-state index < -0.39 is 95.1 Å². The van der Waals surface area contributed by atoms with Gasteiger partial charge in [-0.25, -0.2) is 18.0 Å². The molecule has 2 unspecified atom stereocenters. The lowest BCUT2D eigenvalue weighted by Crippen LogP contribution is -2.49. The van der Waals surface area contributed by atoms with E-state index in [1.54, 1.807) is 20.8 Å². The molecule has 1 saturated heterocycles. The number of hydrogen-bond donors (Lipinski definition) is 0. The Morgan fingerprint density at radius 2 is 1.33 bits per heavy atom. The second kappa shape index (κ2) is 15.3. The molecule has 17 heteroatoms. The van der Waals surface area contributed by atoms with Gasteiger partial charge >= 0.3 is 24.4 Å². The number of ketones is 2. The molecule has 7 nitrogen and oxygen atoms in total. The lowest BCUT2D eigenvalue weighted by Gasteiger charge is -2.34. The third-order valence-electron chi connectivity index (χ3n) is 6.15. The molecule has 0 aliphatic carbocycles. The first-order valence-electron chi connectivity index (χ1n) is 13.2. The van der Waals surface area contributed by atoms with Crippen molar-refractivity contribution in [2.45, 2.75) is 51.3 Å². The normalized spacial score (nSPS) is 17.0.